The summed E-state index contributed by atoms with van der Waals surface area (Å²) in [5.74, 6) is -0.292. The van der Waals surface area contributed by atoms with Crippen molar-refractivity contribution in [2.24, 2.45) is 0 Å². The van der Waals surface area contributed by atoms with Gasteiger partial charge in [-0.2, -0.15) is 4.58 Å². The number of Topliss-reactive ketones (excluding diaryl/α,β-unsaturated/α-hetero) is 1. The molecule has 40 heavy (non-hydrogen) atoms. The molecule has 0 N–H and O–H groups in total. The lowest BCUT2D eigenvalue weighted by molar-refractivity contribution is -0.437. The first-order chi connectivity index (χ1) is 19.0. The Morgan fingerprint density at radius 2 is 1.68 bits per heavy atom. The zero-order chi connectivity index (χ0) is 28.8. The molecule has 0 spiro atoms. The van der Waals surface area contributed by atoms with E-state index >= 15 is 0 Å². The first kappa shape index (κ1) is 28.6. The van der Waals surface area contributed by atoms with Crippen molar-refractivity contribution in [3.05, 3.63) is 92.8 Å². The Morgan fingerprint density at radius 3 is 2.38 bits per heavy atom. The highest BCUT2D eigenvalue weighted by molar-refractivity contribution is 9.10. The van der Waals surface area contributed by atoms with Gasteiger partial charge in [0, 0.05) is 63.1 Å². The lowest BCUT2D eigenvalue weighted by Crippen LogP contribution is -2.35. The number of hydrogen-bond donors (Lipinski definition) is 0. The van der Waals surface area contributed by atoms with Crippen molar-refractivity contribution in [3.8, 4) is 0 Å². The molecule has 0 saturated carbocycles. The zero-order valence-electron chi connectivity index (χ0n) is 24.7. The summed E-state index contributed by atoms with van der Waals surface area (Å²) >= 11 is 3.64. The Bertz CT molecular complexity index is 1490. The molecule has 2 aromatic carbocycles. The van der Waals surface area contributed by atoms with Gasteiger partial charge in [0.15, 0.2) is 11.5 Å². The topological polar surface area (TPSA) is 46.4 Å². The molecular formula is C35H41BrN2O2. The third-order valence-electron chi connectivity index (χ3n) is 8.88. The molecule has 210 valence electrons. The van der Waals surface area contributed by atoms with E-state index in [4.69, 9.17) is 0 Å². The number of halogens is 1. The van der Waals surface area contributed by atoms with Crippen LogP contribution in [-0.2, 0) is 15.6 Å². The Morgan fingerprint density at radius 1 is 0.925 bits per heavy atom. The standard InChI is InChI=1S/C35H41BrN2O2/c1-7-9-10-13-19-38-29-17-16-23(36)20-27(29)35(5,6)31(38)22-25-32(39)24(33(25)40)21-30-34(3,4)26-14-11-12-15-28(26)37(30)18-8-2/h11-12,14-17,20-22H,7-10,13,18-19H2,1-6H3. The molecule has 0 amide bonds. The lowest BCUT2D eigenvalue weighted by Gasteiger charge is -2.33. The van der Waals surface area contributed by atoms with Gasteiger partial charge >= 0.3 is 0 Å². The summed E-state index contributed by atoms with van der Waals surface area (Å²) in [6.07, 6.45) is 9.36. The van der Waals surface area contributed by atoms with E-state index in [1.807, 2.05) is 12.2 Å². The number of anilines is 1. The molecule has 0 atom stereocenters. The van der Waals surface area contributed by atoms with Gasteiger partial charge in [-0.15, -0.1) is 0 Å². The molecule has 5 heteroatoms. The van der Waals surface area contributed by atoms with E-state index < -0.39 is 0 Å². The fourth-order valence-electron chi connectivity index (χ4n) is 6.58. The van der Waals surface area contributed by atoms with Crippen LogP contribution in [0.15, 0.2) is 81.7 Å². The summed E-state index contributed by atoms with van der Waals surface area (Å²) in [6, 6.07) is 14.8. The maximum Gasteiger partial charge on any atom is 0.209 e. The Labute approximate surface area is 247 Å². The van der Waals surface area contributed by atoms with Crippen LogP contribution >= 0.6 is 15.9 Å². The minimum atomic E-state index is -0.321. The second-order valence-electron chi connectivity index (χ2n) is 12.3. The zero-order valence-corrected chi connectivity index (χ0v) is 26.3. The average molecular weight is 602 g/mol. The molecule has 2 heterocycles. The highest BCUT2D eigenvalue weighted by Gasteiger charge is 2.46. The van der Waals surface area contributed by atoms with Crippen LogP contribution in [0.2, 0.25) is 0 Å². The maximum absolute atomic E-state index is 13.6. The van der Waals surface area contributed by atoms with E-state index in [-0.39, 0.29) is 22.4 Å². The second-order valence-corrected chi connectivity index (χ2v) is 13.3. The van der Waals surface area contributed by atoms with Crippen molar-refractivity contribution in [3.63, 3.8) is 0 Å². The first-order valence-corrected chi connectivity index (χ1v) is 15.6. The van der Waals surface area contributed by atoms with Gasteiger partial charge in [-0.3, -0.25) is 4.79 Å². The number of allylic oxidation sites excluding steroid dienone is 5. The van der Waals surface area contributed by atoms with Crippen LogP contribution in [0.4, 0.5) is 11.4 Å². The number of rotatable bonds is 9. The molecule has 0 radical (unpaired) electrons. The molecule has 2 aliphatic heterocycles. The van der Waals surface area contributed by atoms with Gasteiger partial charge in [0.05, 0.1) is 5.41 Å². The van der Waals surface area contributed by atoms with Crippen LogP contribution in [0.3, 0.4) is 0 Å². The largest absolute Gasteiger partial charge is 0.871 e. The van der Waals surface area contributed by atoms with Gasteiger partial charge in [0.1, 0.15) is 6.54 Å². The monoisotopic (exact) mass is 600 g/mol. The lowest BCUT2D eigenvalue weighted by atomic mass is 9.77. The molecule has 1 aliphatic carbocycles. The van der Waals surface area contributed by atoms with Gasteiger partial charge in [0.2, 0.25) is 5.69 Å². The van der Waals surface area contributed by atoms with Gasteiger partial charge in [-0.25, -0.2) is 0 Å². The molecule has 0 aromatic heterocycles. The van der Waals surface area contributed by atoms with Crippen LogP contribution in [-0.4, -0.2) is 29.2 Å². The molecule has 0 saturated heterocycles. The molecule has 0 fully saturated rings. The van der Waals surface area contributed by atoms with E-state index in [1.54, 1.807) is 0 Å². The molecule has 5 rings (SSSR count). The number of carbonyl (C=O) groups excluding carboxylic acids is 1. The highest BCUT2D eigenvalue weighted by Crippen LogP contribution is 2.50. The van der Waals surface area contributed by atoms with Crippen LogP contribution in [0.5, 0.6) is 0 Å². The number of benzene rings is 2. The second kappa shape index (κ2) is 10.8. The summed E-state index contributed by atoms with van der Waals surface area (Å²) in [6.45, 7) is 14.8. The predicted octanol–water partition coefficient (Wildman–Crippen LogP) is 7.62. The Balaban J connectivity index is 1.55. The van der Waals surface area contributed by atoms with Crippen LogP contribution in [0, 0.1) is 0 Å². The highest BCUT2D eigenvalue weighted by atomic mass is 79.9. The first-order valence-electron chi connectivity index (χ1n) is 14.8. The predicted molar refractivity (Wildman–Crippen MR) is 166 cm³/mol. The smallest absolute Gasteiger partial charge is 0.209 e. The van der Waals surface area contributed by atoms with Crippen LogP contribution < -0.4 is 10.0 Å². The number of carbonyl (C=O) groups is 1. The molecule has 4 nitrogen and oxygen atoms in total. The van der Waals surface area contributed by atoms with E-state index in [9.17, 15) is 9.90 Å². The number of nitrogens with zero attached hydrogens (tertiary/aromatic N) is 2. The van der Waals surface area contributed by atoms with E-state index in [0.717, 1.165) is 41.8 Å². The van der Waals surface area contributed by atoms with Gasteiger partial charge < -0.3 is 10.0 Å². The molecule has 2 aromatic rings. The summed E-state index contributed by atoms with van der Waals surface area (Å²) in [4.78, 5) is 15.9. The SMILES string of the molecule is CCCCCCN1C(=CC2=C([O-])C(=CC3=[N+](CCC)c4ccccc4C3(C)C)C2=O)C(C)(C)c2cc(Br)ccc21. The quantitative estimate of drug-likeness (QED) is 0.169. The van der Waals surface area contributed by atoms with E-state index in [1.165, 1.54) is 41.8 Å². The minimum Gasteiger partial charge on any atom is -0.871 e. The van der Waals surface area contributed by atoms with Gasteiger partial charge in [0.25, 0.3) is 0 Å². The third kappa shape index (κ3) is 4.60. The molecular weight excluding hydrogens is 560 g/mol. The molecule has 0 unspecified atom stereocenters. The third-order valence-corrected chi connectivity index (χ3v) is 9.37. The summed E-state index contributed by atoms with van der Waals surface area (Å²) in [7, 11) is 0. The Kier molecular flexibility index (Phi) is 7.73. The number of ketones is 1. The number of para-hydroxylation sites is 1. The van der Waals surface area contributed by atoms with Crippen LogP contribution in [0.1, 0.15) is 84.8 Å². The summed E-state index contributed by atoms with van der Waals surface area (Å²) in [5.41, 5.74) is 6.84. The van der Waals surface area contributed by atoms with Crippen molar-refractivity contribution >= 4 is 38.8 Å². The van der Waals surface area contributed by atoms with Crippen LogP contribution in [0.25, 0.3) is 0 Å². The maximum atomic E-state index is 13.6. The van der Waals surface area contributed by atoms with Crippen molar-refractivity contribution in [1.29, 1.82) is 0 Å². The summed E-state index contributed by atoms with van der Waals surface area (Å²) < 4.78 is 3.32. The fourth-order valence-corrected chi connectivity index (χ4v) is 6.94. The van der Waals surface area contributed by atoms with Gasteiger partial charge in [-0.1, -0.05) is 86.8 Å². The van der Waals surface area contributed by atoms with Crippen molar-refractivity contribution in [2.45, 2.75) is 84.5 Å². The minimum absolute atomic E-state index is 0.146. The van der Waals surface area contributed by atoms with Crippen molar-refractivity contribution < 1.29 is 14.5 Å². The fraction of sp³-hybridized carbons (Fsp3) is 0.429. The number of unbranched alkanes of at least 4 members (excludes halogenated alkanes) is 3. The summed E-state index contributed by atoms with van der Waals surface area (Å²) in [5, 5.41) is 13.6. The van der Waals surface area contributed by atoms with E-state index in [2.05, 4.69) is 109 Å². The number of hydrogen-bond acceptors (Lipinski definition) is 3. The number of fused-ring (bicyclic) bond motifs is 2. The van der Waals surface area contributed by atoms with Crippen molar-refractivity contribution in [1.82, 2.24) is 0 Å². The van der Waals surface area contributed by atoms with Gasteiger partial charge in [-0.05, 0) is 50.1 Å². The van der Waals surface area contributed by atoms with Crippen molar-refractivity contribution in [2.75, 3.05) is 18.0 Å². The van der Waals surface area contributed by atoms with E-state index in [0.29, 0.717) is 11.1 Å². The Hall–Kier alpha value is -2.92. The molecule has 3 aliphatic rings. The average Bonchev–Trinajstić information content (AvgIpc) is 3.26. The normalized spacial score (nSPS) is 21.0. The molecule has 0 bridgehead atoms.